The molecule has 21 heavy (non-hydrogen) atoms. The van der Waals surface area contributed by atoms with E-state index < -0.39 is 16.8 Å². The van der Waals surface area contributed by atoms with Crippen LogP contribution in [0.5, 0.6) is 0 Å². The maximum Gasteiger partial charge on any atom is 0.338 e. The largest absolute Gasteiger partial charge is 0.478 e. The summed E-state index contributed by atoms with van der Waals surface area (Å²) >= 11 is 1.15. The summed E-state index contributed by atoms with van der Waals surface area (Å²) in [7, 11) is 0. The van der Waals surface area contributed by atoms with E-state index in [1.165, 1.54) is 29.0 Å². The summed E-state index contributed by atoms with van der Waals surface area (Å²) in [6, 6.07) is 5.92. The molecule has 0 aliphatic carbocycles. The SMILES string of the molecule is O=C(Cc1ccccc1[N+](=O)[O-])Nc1cscc1C(=O)O. The molecule has 0 radical (unpaired) electrons. The van der Waals surface area contributed by atoms with Gasteiger partial charge < -0.3 is 10.4 Å². The number of carboxylic acids is 1. The number of nitrogens with one attached hydrogen (secondary N) is 1. The zero-order valence-electron chi connectivity index (χ0n) is 10.6. The average Bonchev–Trinajstić information content (AvgIpc) is 2.87. The Balaban J connectivity index is 2.14. The number of hydrogen-bond acceptors (Lipinski definition) is 5. The summed E-state index contributed by atoms with van der Waals surface area (Å²) in [4.78, 5) is 33.1. The van der Waals surface area contributed by atoms with Crippen LogP contribution in [0.2, 0.25) is 0 Å². The number of aromatic carboxylic acids is 1. The summed E-state index contributed by atoms with van der Waals surface area (Å²) in [5.41, 5.74) is 0.315. The Hall–Kier alpha value is -2.74. The first kappa shape index (κ1) is 14.7. The highest BCUT2D eigenvalue weighted by molar-refractivity contribution is 7.08. The van der Waals surface area contributed by atoms with Crippen molar-refractivity contribution in [3.63, 3.8) is 0 Å². The van der Waals surface area contributed by atoms with E-state index in [1.807, 2.05) is 0 Å². The topological polar surface area (TPSA) is 110 Å². The fraction of sp³-hybridized carbons (Fsp3) is 0.0769. The maximum absolute atomic E-state index is 11.9. The third-order valence-electron chi connectivity index (χ3n) is 2.71. The number of rotatable bonds is 5. The number of nitro benzene ring substituents is 1. The Morgan fingerprint density at radius 1 is 1.29 bits per heavy atom. The quantitative estimate of drug-likeness (QED) is 0.651. The van der Waals surface area contributed by atoms with Gasteiger partial charge in [-0.2, -0.15) is 0 Å². The van der Waals surface area contributed by atoms with Gasteiger partial charge in [0.05, 0.1) is 22.6 Å². The lowest BCUT2D eigenvalue weighted by Crippen LogP contribution is -2.16. The van der Waals surface area contributed by atoms with Crippen LogP contribution in [-0.4, -0.2) is 21.9 Å². The van der Waals surface area contributed by atoms with Gasteiger partial charge >= 0.3 is 5.97 Å². The lowest BCUT2D eigenvalue weighted by Gasteiger charge is -2.05. The number of nitro groups is 1. The van der Waals surface area contributed by atoms with Gasteiger partial charge in [-0.3, -0.25) is 14.9 Å². The highest BCUT2D eigenvalue weighted by Crippen LogP contribution is 2.22. The van der Waals surface area contributed by atoms with Gasteiger partial charge in [0.25, 0.3) is 5.69 Å². The van der Waals surface area contributed by atoms with Crippen molar-refractivity contribution >= 4 is 34.6 Å². The van der Waals surface area contributed by atoms with Gasteiger partial charge in [-0.05, 0) is 0 Å². The molecule has 1 aromatic carbocycles. The van der Waals surface area contributed by atoms with Gasteiger partial charge in [-0.1, -0.05) is 18.2 Å². The standard InChI is InChI=1S/C13H10N2O5S/c16-12(14-10-7-21-6-9(10)13(17)18)5-8-3-1-2-4-11(8)15(19)20/h1-4,6-7H,5H2,(H,14,16)(H,17,18). The molecule has 0 unspecified atom stereocenters. The highest BCUT2D eigenvalue weighted by atomic mass is 32.1. The van der Waals surface area contributed by atoms with Crippen LogP contribution in [0.3, 0.4) is 0 Å². The van der Waals surface area contributed by atoms with Crippen molar-refractivity contribution in [1.29, 1.82) is 0 Å². The summed E-state index contributed by atoms with van der Waals surface area (Å²) in [6.07, 6.45) is -0.202. The molecule has 1 amide bonds. The summed E-state index contributed by atoms with van der Waals surface area (Å²) < 4.78 is 0. The van der Waals surface area contributed by atoms with E-state index >= 15 is 0 Å². The predicted molar refractivity (Wildman–Crippen MR) is 76.7 cm³/mol. The maximum atomic E-state index is 11.9. The van der Waals surface area contributed by atoms with Gasteiger partial charge in [0.15, 0.2) is 0 Å². The Labute approximate surface area is 123 Å². The minimum absolute atomic E-state index is 0.00379. The molecule has 0 aliphatic rings. The van der Waals surface area contributed by atoms with Crippen molar-refractivity contribution in [2.24, 2.45) is 0 Å². The number of anilines is 1. The van der Waals surface area contributed by atoms with Crippen LogP contribution in [0.15, 0.2) is 35.0 Å². The van der Waals surface area contributed by atoms with Crippen LogP contribution in [0.4, 0.5) is 11.4 Å². The normalized spacial score (nSPS) is 10.1. The van der Waals surface area contributed by atoms with E-state index in [0.29, 0.717) is 0 Å². The number of carbonyl (C=O) groups is 2. The first-order valence-electron chi connectivity index (χ1n) is 5.80. The minimum atomic E-state index is -1.14. The molecule has 2 rings (SSSR count). The number of benzene rings is 1. The van der Waals surface area contributed by atoms with Crippen molar-refractivity contribution in [3.8, 4) is 0 Å². The number of hydrogen-bond donors (Lipinski definition) is 2. The zero-order chi connectivity index (χ0) is 15.4. The van der Waals surface area contributed by atoms with Crippen molar-refractivity contribution in [2.45, 2.75) is 6.42 Å². The smallest absolute Gasteiger partial charge is 0.338 e. The molecule has 0 spiro atoms. The second kappa shape index (κ2) is 6.14. The third kappa shape index (κ3) is 3.42. The summed E-state index contributed by atoms with van der Waals surface area (Å²) in [6.45, 7) is 0. The van der Waals surface area contributed by atoms with Gasteiger partial charge in [-0.25, -0.2) is 4.79 Å². The van der Waals surface area contributed by atoms with Gasteiger partial charge in [0, 0.05) is 22.4 Å². The predicted octanol–water partition coefficient (Wildman–Crippen LogP) is 2.54. The number of thiophene rings is 1. The number of amides is 1. The molecule has 0 aliphatic heterocycles. The van der Waals surface area contributed by atoms with Gasteiger partial charge in [0.2, 0.25) is 5.91 Å². The molecule has 0 fully saturated rings. The Morgan fingerprint density at radius 2 is 2.00 bits per heavy atom. The van der Waals surface area contributed by atoms with Crippen LogP contribution in [0.25, 0.3) is 0 Å². The van der Waals surface area contributed by atoms with Gasteiger partial charge in [-0.15, -0.1) is 11.3 Å². The number of carbonyl (C=O) groups excluding carboxylic acids is 1. The molecular formula is C13H10N2O5S. The Bertz CT molecular complexity index is 710. The fourth-order valence-electron chi connectivity index (χ4n) is 1.77. The van der Waals surface area contributed by atoms with E-state index in [4.69, 9.17) is 5.11 Å². The van der Waals surface area contributed by atoms with Crippen LogP contribution in [0, 0.1) is 10.1 Å². The van der Waals surface area contributed by atoms with E-state index in [-0.39, 0.29) is 28.9 Å². The molecule has 7 nitrogen and oxygen atoms in total. The molecular weight excluding hydrogens is 296 g/mol. The Morgan fingerprint density at radius 3 is 2.67 bits per heavy atom. The molecule has 108 valence electrons. The van der Waals surface area contributed by atoms with Crippen LogP contribution >= 0.6 is 11.3 Å². The highest BCUT2D eigenvalue weighted by Gasteiger charge is 2.18. The monoisotopic (exact) mass is 306 g/mol. The van der Waals surface area contributed by atoms with Crippen molar-refractivity contribution in [1.82, 2.24) is 0 Å². The lowest BCUT2D eigenvalue weighted by molar-refractivity contribution is -0.385. The first-order valence-corrected chi connectivity index (χ1v) is 6.75. The molecule has 1 heterocycles. The fourth-order valence-corrected chi connectivity index (χ4v) is 2.52. The van der Waals surface area contributed by atoms with E-state index in [1.54, 1.807) is 6.07 Å². The molecule has 8 heteroatoms. The molecule has 0 saturated carbocycles. The summed E-state index contributed by atoms with van der Waals surface area (Å²) in [5, 5.41) is 25.2. The first-order chi connectivity index (χ1) is 9.99. The molecule has 0 saturated heterocycles. The van der Waals surface area contributed by atoms with Crippen LogP contribution < -0.4 is 5.32 Å². The Kier molecular flexibility index (Phi) is 4.29. The van der Waals surface area contributed by atoms with Crippen LogP contribution in [0.1, 0.15) is 15.9 Å². The number of para-hydroxylation sites is 1. The zero-order valence-corrected chi connectivity index (χ0v) is 11.4. The van der Waals surface area contributed by atoms with Gasteiger partial charge in [0.1, 0.15) is 0 Å². The average molecular weight is 306 g/mol. The molecule has 2 N–H and O–H groups in total. The van der Waals surface area contributed by atoms with Crippen LogP contribution in [-0.2, 0) is 11.2 Å². The van der Waals surface area contributed by atoms with Crippen molar-refractivity contribution in [3.05, 3.63) is 56.3 Å². The minimum Gasteiger partial charge on any atom is -0.478 e. The van der Waals surface area contributed by atoms with E-state index in [0.717, 1.165) is 11.3 Å². The summed E-state index contributed by atoms with van der Waals surface area (Å²) in [5.74, 6) is -1.65. The third-order valence-corrected chi connectivity index (χ3v) is 3.45. The van der Waals surface area contributed by atoms with Crippen molar-refractivity contribution < 1.29 is 19.6 Å². The molecule has 2 aromatic rings. The molecule has 1 aromatic heterocycles. The molecule has 0 atom stereocenters. The second-order valence-electron chi connectivity index (χ2n) is 4.12. The second-order valence-corrected chi connectivity index (χ2v) is 4.86. The number of carboxylic acid groups (broad SMARTS) is 1. The van der Waals surface area contributed by atoms with E-state index in [2.05, 4.69) is 5.32 Å². The van der Waals surface area contributed by atoms with E-state index in [9.17, 15) is 19.7 Å². The van der Waals surface area contributed by atoms with Crippen molar-refractivity contribution in [2.75, 3.05) is 5.32 Å². The lowest BCUT2D eigenvalue weighted by atomic mass is 10.1. The molecule has 0 bridgehead atoms. The number of nitrogens with zero attached hydrogens (tertiary/aromatic N) is 1.